The first-order chi connectivity index (χ1) is 10.8. The van der Waals surface area contributed by atoms with E-state index in [0.717, 1.165) is 6.07 Å². The van der Waals surface area contributed by atoms with Crippen molar-refractivity contribution >= 4 is 39.1 Å². The molecular weight excluding hydrogens is 377 g/mol. The summed E-state index contributed by atoms with van der Waals surface area (Å²) in [5.41, 5.74) is -0.713. The van der Waals surface area contributed by atoms with E-state index in [0.29, 0.717) is 0 Å². The summed E-state index contributed by atoms with van der Waals surface area (Å²) in [4.78, 5) is 13.7. The second-order valence-electron chi connectivity index (χ2n) is 4.71. The fourth-order valence-electron chi connectivity index (χ4n) is 1.82. The molecule has 0 saturated carbocycles. The Morgan fingerprint density at radius 2 is 1.79 bits per heavy atom. The van der Waals surface area contributed by atoms with E-state index in [2.05, 4.69) is 15.6 Å². The number of hydrogen-bond donors (Lipinski definition) is 2. The molecule has 2 aromatic rings. The molecule has 0 spiro atoms. The molecule has 0 radical (unpaired) electrons. The van der Waals surface area contributed by atoms with E-state index in [9.17, 15) is 24.2 Å². The number of halogens is 6. The van der Waals surface area contributed by atoms with Crippen molar-refractivity contribution in [1.82, 2.24) is 4.98 Å². The van der Waals surface area contributed by atoms with Gasteiger partial charge in [-0.25, -0.2) is 4.98 Å². The lowest BCUT2D eigenvalue weighted by molar-refractivity contribution is 0.102. The Morgan fingerprint density at radius 1 is 1.12 bits per heavy atom. The van der Waals surface area contributed by atoms with Crippen molar-refractivity contribution in [3.05, 3.63) is 47.2 Å². The summed E-state index contributed by atoms with van der Waals surface area (Å²) in [5.74, 6) is -0.934. The first-order valence-corrected chi connectivity index (χ1v) is 8.62. The zero-order valence-electron chi connectivity index (χ0n) is 12.0. The van der Waals surface area contributed by atoms with Gasteiger partial charge in [-0.2, -0.15) is 0 Å². The molecule has 11 heteroatoms. The van der Waals surface area contributed by atoms with Gasteiger partial charge in [-0.05, 0) is 30.3 Å². The number of carbonyl (C=O) groups excluding carboxylic acids is 1. The van der Waals surface area contributed by atoms with Gasteiger partial charge in [0.25, 0.3) is 5.91 Å². The monoisotopic (exact) mass is 387 g/mol. The number of aromatic nitrogens is 1. The Balaban J connectivity index is 2.47. The molecule has 2 rings (SSSR count). The highest BCUT2D eigenvalue weighted by Crippen LogP contribution is 3.02. The number of carbonyl (C=O) groups is 1. The van der Waals surface area contributed by atoms with Gasteiger partial charge in [0.1, 0.15) is 10.6 Å². The quantitative estimate of drug-likeness (QED) is 0.663. The molecule has 0 aliphatic carbocycles. The number of benzene rings is 1. The lowest BCUT2D eigenvalue weighted by Gasteiger charge is -2.40. The summed E-state index contributed by atoms with van der Waals surface area (Å²) in [7, 11) is -8.52. The Kier molecular flexibility index (Phi) is 3.97. The third-order valence-corrected chi connectivity index (χ3v) is 4.38. The topological polar surface area (TPSA) is 54.0 Å². The fraction of sp³-hybridized carbons (Fsp3) is 0.0769. The van der Waals surface area contributed by atoms with E-state index in [1.54, 1.807) is 0 Å². The third kappa shape index (κ3) is 4.06. The highest BCUT2D eigenvalue weighted by atomic mass is 35.5. The zero-order valence-corrected chi connectivity index (χ0v) is 13.6. The molecule has 0 bridgehead atoms. The van der Waals surface area contributed by atoms with Crippen molar-refractivity contribution in [3.8, 4) is 0 Å². The van der Waals surface area contributed by atoms with Gasteiger partial charge in [-0.15, -0.1) is 0 Å². The summed E-state index contributed by atoms with van der Waals surface area (Å²) in [6, 6.07) is 4.02. The summed E-state index contributed by atoms with van der Waals surface area (Å²) in [6.45, 7) is 0. The normalized spacial score (nSPS) is 14.5. The van der Waals surface area contributed by atoms with E-state index < -0.39 is 26.7 Å². The van der Waals surface area contributed by atoms with Crippen LogP contribution < -0.4 is 10.6 Å². The molecule has 0 saturated heterocycles. The average molecular weight is 388 g/mol. The largest absolute Gasteiger partial charge is 0.386 e. The predicted octanol–water partition coefficient (Wildman–Crippen LogP) is 5.69. The smallest absolute Gasteiger partial charge is 0.310 e. The molecular formula is C13H11ClF5N3OS. The Hall–Kier alpha value is -2.07. The Bertz CT molecular complexity index is 813. The van der Waals surface area contributed by atoms with Crippen LogP contribution in [0.5, 0.6) is 0 Å². The van der Waals surface area contributed by atoms with Gasteiger partial charge < -0.3 is 10.6 Å². The average Bonchev–Trinajstić information content (AvgIpc) is 2.45. The van der Waals surface area contributed by atoms with Crippen LogP contribution in [-0.4, -0.2) is 17.9 Å². The molecule has 0 aliphatic heterocycles. The fourth-order valence-corrected chi connectivity index (χ4v) is 2.69. The van der Waals surface area contributed by atoms with E-state index in [1.165, 1.54) is 25.4 Å². The molecule has 0 aliphatic rings. The summed E-state index contributed by atoms with van der Waals surface area (Å²) in [5, 5.41) is 4.57. The van der Waals surface area contributed by atoms with Crippen LogP contribution in [0.2, 0.25) is 5.02 Å². The number of nitrogens with zero attached hydrogens (tertiary/aromatic N) is 1. The Morgan fingerprint density at radius 3 is 2.33 bits per heavy atom. The van der Waals surface area contributed by atoms with E-state index >= 15 is 0 Å². The van der Waals surface area contributed by atoms with Gasteiger partial charge in [0.15, 0.2) is 0 Å². The van der Waals surface area contributed by atoms with Crippen LogP contribution in [0.1, 0.15) is 10.5 Å². The van der Waals surface area contributed by atoms with Crippen LogP contribution in [0, 0.1) is 0 Å². The van der Waals surface area contributed by atoms with E-state index in [4.69, 9.17) is 11.6 Å². The zero-order chi connectivity index (χ0) is 18.2. The summed E-state index contributed by atoms with van der Waals surface area (Å²) >= 11 is 5.77. The van der Waals surface area contributed by atoms with Crippen molar-refractivity contribution < 1.29 is 24.2 Å². The van der Waals surface area contributed by atoms with Crippen LogP contribution in [0.4, 0.5) is 30.8 Å². The molecule has 4 nitrogen and oxygen atoms in total. The minimum Gasteiger partial charge on any atom is -0.386 e. The standard InChI is InChI=1S/C13H11ClF5N3OS/c1-20-10-5-4-8(24(15,16,17,18)19)7-11(10)22-13(23)12-9(14)3-2-6-21-12/h2-7,20H,1H3,(H,22,23). The molecule has 0 atom stereocenters. The lowest BCUT2D eigenvalue weighted by Crippen LogP contribution is -2.16. The molecule has 1 amide bonds. The van der Waals surface area contributed by atoms with Gasteiger partial charge in [-0.1, -0.05) is 31.0 Å². The van der Waals surface area contributed by atoms with Crippen LogP contribution in [0.25, 0.3) is 0 Å². The predicted molar refractivity (Wildman–Crippen MR) is 84.6 cm³/mol. The number of hydrogen-bond acceptors (Lipinski definition) is 3. The molecule has 0 fully saturated rings. The van der Waals surface area contributed by atoms with Crippen molar-refractivity contribution in [3.63, 3.8) is 0 Å². The van der Waals surface area contributed by atoms with Gasteiger partial charge in [-0.3, -0.25) is 4.79 Å². The van der Waals surface area contributed by atoms with Crippen molar-refractivity contribution in [2.75, 3.05) is 17.7 Å². The van der Waals surface area contributed by atoms with Crippen LogP contribution in [-0.2, 0) is 0 Å². The van der Waals surface area contributed by atoms with Gasteiger partial charge in [0.2, 0.25) is 0 Å². The number of rotatable bonds is 4. The number of nitrogens with one attached hydrogen (secondary N) is 2. The Labute approximate surface area is 138 Å². The maximum atomic E-state index is 12.9. The van der Waals surface area contributed by atoms with Crippen molar-refractivity contribution in [2.45, 2.75) is 4.90 Å². The minimum absolute atomic E-state index is 0.0148. The number of amides is 1. The van der Waals surface area contributed by atoms with Gasteiger partial charge >= 0.3 is 10.2 Å². The van der Waals surface area contributed by atoms with Crippen molar-refractivity contribution in [2.24, 2.45) is 0 Å². The minimum atomic E-state index is -9.88. The third-order valence-electron chi connectivity index (χ3n) is 2.93. The molecule has 132 valence electrons. The molecule has 1 aromatic carbocycles. The molecule has 24 heavy (non-hydrogen) atoms. The summed E-state index contributed by atoms with van der Waals surface area (Å²) < 4.78 is 64.6. The van der Waals surface area contributed by atoms with E-state index in [-0.39, 0.29) is 28.5 Å². The number of anilines is 2. The van der Waals surface area contributed by atoms with Crippen LogP contribution in [0.15, 0.2) is 41.4 Å². The molecule has 2 N–H and O–H groups in total. The molecule has 1 aromatic heterocycles. The first kappa shape index (κ1) is 18.3. The summed E-state index contributed by atoms with van der Waals surface area (Å²) in [6.07, 6.45) is 1.25. The van der Waals surface area contributed by atoms with Crippen molar-refractivity contribution in [1.29, 1.82) is 0 Å². The highest BCUT2D eigenvalue weighted by molar-refractivity contribution is 8.45. The van der Waals surface area contributed by atoms with E-state index in [1.807, 2.05) is 0 Å². The maximum absolute atomic E-state index is 12.9. The van der Waals surface area contributed by atoms with Crippen LogP contribution in [0.3, 0.4) is 0 Å². The van der Waals surface area contributed by atoms with Gasteiger partial charge in [0, 0.05) is 13.2 Å². The van der Waals surface area contributed by atoms with Gasteiger partial charge in [0.05, 0.1) is 16.4 Å². The second kappa shape index (κ2) is 5.21. The lowest BCUT2D eigenvalue weighted by atomic mass is 10.2. The SMILES string of the molecule is CNc1ccc(S(F)(F)(F)(F)F)cc1NC(=O)c1ncccc1Cl. The number of pyridine rings is 1. The second-order valence-corrected chi connectivity index (χ2v) is 7.53. The molecule has 0 unspecified atom stereocenters. The maximum Gasteiger partial charge on any atom is 0.310 e. The first-order valence-electron chi connectivity index (χ1n) is 6.29. The highest BCUT2D eigenvalue weighted by Gasteiger charge is 2.65. The van der Waals surface area contributed by atoms with Crippen LogP contribution >= 0.6 is 21.8 Å². The molecule has 1 heterocycles.